The van der Waals surface area contributed by atoms with E-state index < -0.39 is 0 Å². The van der Waals surface area contributed by atoms with Crippen molar-refractivity contribution in [3.63, 3.8) is 0 Å². The molecule has 2 aliphatic heterocycles. The first-order valence-corrected chi connectivity index (χ1v) is 7.03. The van der Waals surface area contributed by atoms with Crippen molar-refractivity contribution in [3.8, 4) is 0 Å². The van der Waals surface area contributed by atoms with Gasteiger partial charge in [0, 0.05) is 31.6 Å². The van der Waals surface area contributed by atoms with Crippen LogP contribution in [0.25, 0.3) is 0 Å². The number of nitrogens with zero attached hydrogens (tertiary/aromatic N) is 1. The van der Waals surface area contributed by atoms with Gasteiger partial charge in [0.1, 0.15) is 0 Å². The molecule has 0 unspecified atom stereocenters. The van der Waals surface area contributed by atoms with Crippen LogP contribution in [-0.2, 0) is 5.41 Å². The lowest BCUT2D eigenvalue weighted by molar-refractivity contribution is 0.121. The van der Waals surface area contributed by atoms with Crippen LogP contribution in [-0.4, -0.2) is 26.2 Å². The molecule has 1 aromatic rings. The predicted octanol–water partition coefficient (Wildman–Crippen LogP) is 3.05. The van der Waals surface area contributed by atoms with Crippen molar-refractivity contribution < 1.29 is 0 Å². The molecule has 0 amide bonds. The lowest BCUT2D eigenvalue weighted by Gasteiger charge is -2.57. The molecule has 3 heteroatoms. The number of rotatable bonds is 1. The quantitative estimate of drug-likeness (QED) is 0.839. The zero-order chi connectivity index (χ0) is 13.0. The Hall–Kier alpha value is -0.730. The molecule has 0 saturated carbocycles. The number of halogens is 1. The van der Waals surface area contributed by atoms with Crippen LogP contribution in [0.4, 0.5) is 5.69 Å². The number of nitrogens with one attached hydrogen (secondary N) is 1. The smallest absolute Gasteiger partial charge is 0.0642 e. The van der Waals surface area contributed by atoms with Crippen molar-refractivity contribution in [2.24, 2.45) is 5.41 Å². The lowest BCUT2D eigenvalue weighted by Crippen LogP contribution is -2.71. The summed E-state index contributed by atoms with van der Waals surface area (Å²) < 4.78 is 0. The van der Waals surface area contributed by atoms with Crippen molar-refractivity contribution in [2.75, 3.05) is 31.1 Å². The number of hydrogen-bond donors (Lipinski definition) is 1. The first kappa shape index (κ1) is 12.3. The van der Waals surface area contributed by atoms with E-state index in [2.05, 4.69) is 49.2 Å². The molecular formula is C15H21ClN2. The van der Waals surface area contributed by atoms with Gasteiger partial charge in [-0.05, 0) is 23.1 Å². The molecule has 0 radical (unpaired) electrons. The molecule has 2 nitrogen and oxygen atoms in total. The van der Waals surface area contributed by atoms with Gasteiger partial charge < -0.3 is 10.2 Å². The summed E-state index contributed by atoms with van der Waals surface area (Å²) in [6.07, 6.45) is 0. The predicted molar refractivity (Wildman–Crippen MR) is 77.7 cm³/mol. The van der Waals surface area contributed by atoms with E-state index in [0.717, 1.165) is 18.1 Å². The van der Waals surface area contributed by atoms with Gasteiger partial charge in [0.15, 0.2) is 0 Å². The Morgan fingerprint density at radius 3 is 2.33 bits per heavy atom. The van der Waals surface area contributed by atoms with Crippen LogP contribution in [0.5, 0.6) is 0 Å². The molecule has 1 aromatic carbocycles. The summed E-state index contributed by atoms with van der Waals surface area (Å²) in [6.45, 7) is 11.3. The molecule has 3 rings (SSSR count). The SMILES string of the molecule is CC(C)(C)c1ccc(N2CC3(CNC3)C2)c(Cl)c1. The second-order valence-corrected chi connectivity index (χ2v) is 7.28. The van der Waals surface area contributed by atoms with E-state index in [1.807, 2.05) is 0 Å². The van der Waals surface area contributed by atoms with Gasteiger partial charge in [0.25, 0.3) is 0 Å². The van der Waals surface area contributed by atoms with E-state index >= 15 is 0 Å². The van der Waals surface area contributed by atoms with Gasteiger partial charge in [-0.2, -0.15) is 0 Å². The Kier molecular flexibility index (Phi) is 2.65. The average molecular weight is 265 g/mol. The Morgan fingerprint density at radius 1 is 1.22 bits per heavy atom. The highest BCUT2D eigenvalue weighted by molar-refractivity contribution is 6.33. The third kappa shape index (κ3) is 1.92. The number of anilines is 1. The number of hydrogen-bond acceptors (Lipinski definition) is 2. The van der Waals surface area contributed by atoms with Crippen molar-refractivity contribution in [1.29, 1.82) is 0 Å². The highest BCUT2D eigenvalue weighted by Crippen LogP contribution is 2.41. The van der Waals surface area contributed by atoms with Crippen molar-refractivity contribution in [1.82, 2.24) is 5.32 Å². The molecular weight excluding hydrogens is 244 g/mol. The molecule has 1 spiro atoms. The van der Waals surface area contributed by atoms with E-state index in [9.17, 15) is 0 Å². The zero-order valence-corrected chi connectivity index (χ0v) is 12.1. The lowest BCUT2D eigenvalue weighted by atomic mass is 9.74. The monoisotopic (exact) mass is 264 g/mol. The molecule has 2 heterocycles. The van der Waals surface area contributed by atoms with E-state index in [1.54, 1.807) is 0 Å². The maximum Gasteiger partial charge on any atom is 0.0642 e. The summed E-state index contributed by atoms with van der Waals surface area (Å²) in [5.74, 6) is 0. The van der Waals surface area contributed by atoms with E-state index in [0.29, 0.717) is 5.41 Å². The van der Waals surface area contributed by atoms with Crippen LogP contribution >= 0.6 is 11.6 Å². The van der Waals surface area contributed by atoms with Gasteiger partial charge in [-0.3, -0.25) is 0 Å². The standard InChI is InChI=1S/C15H21ClN2/c1-14(2,3)11-4-5-13(12(16)6-11)18-9-15(10-18)7-17-8-15/h4-6,17H,7-10H2,1-3H3. The minimum Gasteiger partial charge on any atom is -0.369 e. The molecule has 18 heavy (non-hydrogen) atoms. The molecule has 1 N–H and O–H groups in total. The van der Waals surface area contributed by atoms with Gasteiger partial charge in [-0.25, -0.2) is 0 Å². The Bertz CT molecular complexity index is 464. The average Bonchev–Trinajstić information content (AvgIpc) is 2.14. The van der Waals surface area contributed by atoms with Crippen molar-refractivity contribution in [3.05, 3.63) is 28.8 Å². The summed E-state index contributed by atoms with van der Waals surface area (Å²) in [5.41, 5.74) is 3.21. The van der Waals surface area contributed by atoms with E-state index in [1.165, 1.54) is 24.3 Å². The minimum atomic E-state index is 0.163. The maximum absolute atomic E-state index is 6.44. The Labute approximate surface area is 114 Å². The van der Waals surface area contributed by atoms with Crippen LogP contribution in [0.15, 0.2) is 18.2 Å². The summed E-state index contributed by atoms with van der Waals surface area (Å²) in [7, 11) is 0. The van der Waals surface area contributed by atoms with Gasteiger partial charge >= 0.3 is 0 Å². The van der Waals surface area contributed by atoms with Crippen molar-refractivity contribution >= 4 is 17.3 Å². The largest absolute Gasteiger partial charge is 0.369 e. The van der Waals surface area contributed by atoms with Crippen LogP contribution < -0.4 is 10.2 Å². The third-order valence-corrected chi connectivity index (χ3v) is 4.51. The molecule has 0 atom stereocenters. The van der Waals surface area contributed by atoms with Gasteiger partial charge in [0.05, 0.1) is 10.7 Å². The van der Waals surface area contributed by atoms with Crippen LogP contribution in [0, 0.1) is 5.41 Å². The van der Waals surface area contributed by atoms with Crippen LogP contribution in [0.2, 0.25) is 5.02 Å². The molecule has 2 saturated heterocycles. The summed E-state index contributed by atoms with van der Waals surface area (Å²) >= 11 is 6.44. The zero-order valence-electron chi connectivity index (χ0n) is 11.4. The first-order valence-electron chi connectivity index (χ1n) is 6.65. The molecule has 0 bridgehead atoms. The topological polar surface area (TPSA) is 15.3 Å². The van der Waals surface area contributed by atoms with Gasteiger partial charge in [-0.1, -0.05) is 38.4 Å². The third-order valence-electron chi connectivity index (χ3n) is 4.21. The number of benzene rings is 1. The van der Waals surface area contributed by atoms with E-state index in [-0.39, 0.29) is 5.41 Å². The molecule has 2 fully saturated rings. The molecule has 0 aromatic heterocycles. The van der Waals surface area contributed by atoms with Crippen molar-refractivity contribution in [2.45, 2.75) is 26.2 Å². The normalized spacial score (nSPS) is 21.7. The molecule has 0 aliphatic carbocycles. The second kappa shape index (κ2) is 3.88. The fourth-order valence-corrected chi connectivity index (χ4v) is 3.17. The van der Waals surface area contributed by atoms with Crippen LogP contribution in [0.3, 0.4) is 0 Å². The Balaban J connectivity index is 1.78. The minimum absolute atomic E-state index is 0.163. The second-order valence-electron chi connectivity index (χ2n) is 6.88. The van der Waals surface area contributed by atoms with E-state index in [4.69, 9.17) is 11.6 Å². The fraction of sp³-hybridized carbons (Fsp3) is 0.600. The highest BCUT2D eigenvalue weighted by atomic mass is 35.5. The highest BCUT2D eigenvalue weighted by Gasteiger charge is 2.47. The summed E-state index contributed by atoms with van der Waals surface area (Å²) in [4.78, 5) is 2.40. The summed E-state index contributed by atoms with van der Waals surface area (Å²) in [6, 6.07) is 6.52. The molecule has 98 valence electrons. The molecule has 2 aliphatic rings. The Morgan fingerprint density at radius 2 is 1.89 bits per heavy atom. The van der Waals surface area contributed by atoms with Gasteiger partial charge in [0.2, 0.25) is 0 Å². The maximum atomic E-state index is 6.44. The first-order chi connectivity index (χ1) is 8.40. The fourth-order valence-electron chi connectivity index (χ4n) is 2.87. The van der Waals surface area contributed by atoms with Gasteiger partial charge in [-0.15, -0.1) is 0 Å². The van der Waals surface area contributed by atoms with Crippen LogP contribution in [0.1, 0.15) is 26.3 Å². The summed E-state index contributed by atoms with van der Waals surface area (Å²) in [5, 5.41) is 4.25.